The maximum Gasteiger partial charge on any atom is 0.391 e. The quantitative estimate of drug-likeness (QED) is 0.922. The molecule has 1 aromatic rings. The standard InChI is InChI=1S/C14H15ClF3NO2/c15-11-3-1-9(2-4-11)12(7-14(16,17)18)19-13(20)10-5-6-21-8-10/h1-4,10,12H,5-8H2,(H,19,20)/t10-,12-/m1/s1. The van der Waals surface area contributed by atoms with E-state index < -0.39 is 24.5 Å². The van der Waals surface area contributed by atoms with E-state index in [9.17, 15) is 18.0 Å². The van der Waals surface area contributed by atoms with Crippen LogP contribution in [0.15, 0.2) is 24.3 Å². The van der Waals surface area contributed by atoms with Crippen molar-refractivity contribution in [3.63, 3.8) is 0 Å². The third-order valence-electron chi connectivity index (χ3n) is 3.32. The number of nitrogens with one attached hydrogen (secondary N) is 1. The minimum absolute atomic E-state index is 0.255. The fourth-order valence-corrected chi connectivity index (χ4v) is 2.34. The molecule has 1 heterocycles. The topological polar surface area (TPSA) is 38.3 Å². The average molecular weight is 322 g/mol. The van der Waals surface area contributed by atoms with Crippen molar-refractivity contribution in [3.05, 3.63) is 34.9 Å². The molecule has 0 unspecified atom stereocenters. The molecule has 2 atom stereocenters. The van der Waals surface area contributed by atoms with Gasteiger partial charge in [-0.15, -0.1) is 0 Å². The van der Waals surface area contributed by atoms with Gasteiger partial charge in [0.25, 0.3) is 0 Å². The zero-order valence-corrected chi connectivity index (χ0v) is 11.9. The zero-order chi connectivity index (χ0) is 15.5. The molecular weight excluding hydrogens is 307 g/mol. The second-order valence-corrected chi connectivity index (χ2v) is 5.43. The summed E-state index contributed by atoms with van der Waals surface area (Å²) < 4.78 is 43.2. The lowest BCUT2D eigenvalue weighted by Gasteiger charge is -2.22. The summed E-state index contributed by atoms with van der Waals surface area (Å²) in [7, 11) is 0. The van der Waals surface area contributed by atoms with E-state index in [4.69, 9.17) is 16.3 Å². The van der Waals surface area contributed by atoms with Gasteiger partial charge in [-0.05, 0) is 24.1 Å². The Morgan fingerprint density at radius 3 is 2.57 bits per heavy atom. The molecule has 1 saturated heterocycles. The fraction of sp³-hybridized carbons (Fsp3) is 0.500. The van der Waals surface area contributed by atoms with Gasteiger partial charge in [-0.3, -0.25) is 4.79 Å². The molecule has 0 aromatic heterocycles. The second-order valence-electron chi connectivity index (χ2n) is 4.99. The molecule has 1 aliphatic heterocycles. The molecule has 0 aliphatic carbocycles. The molecule has 0 bridgehead atoms. The first-order valence-corrected chi connectivity index (χ1v) is 6.93. The van der Waals surface area contributed by atoms with E-state index in [0.717, 1.165) is 0 Å². The zero-order valence-electron chi connectivity index (χ0n) is 11.1. The maximum atomic E-state index is 12.7. The molecule has 0 spiro atoms. The van der Waals surface area contributed by atoms with Crippen LogP contribution < -0.4 is 5.32 Å². The van der Waals surface area contributed by atoms with Crippen molar-refractivity contribution < 1.29 is 22.7 Å². The Morgan fingerprint density at radius 1 is 1.38 bits per heavy atom. The van der Waals surface area contributed by atoms with E-state index in [1.165, 1.54) is 24.3 Å². The molecule has 1 N–H and O–H groups in total. The minimum atomic E-state index is -4.37. The summed E-state index contributed by atoms with van der Waals surface area (Å²) in [6.45, 7) is 0.716. The Bertz CT molecular complexity index is 484. The van der Waals surface area contributed by atoms with Crippen molar-refractivity contribution in [1.29, 1.82) is 0 Å². The van der Waals surface area contributed by atoms with Gasteiger partial charge in [0.1, 0.15) is 0 Å². The Labute approximate surface area is 125 Å². The van der Waals surface area contributed by atoms with E-state index in [1.807, 2.05) is 0 Å². The third kappa shape index (κ3) is 4.89. The molecule has 3 nitrogen and oxygen atoms in total. The van der Waals surface area contributed by atoms with Gasteiger partial charge in [-0.1, -0.05) is 23.7 Å². The summed E-state index contributed by atoms with van der Waals surface area (Å²) in [4.78, 5) is 12.0. The summed E-state index contributed by atoms with van der Waals surface area (Å²) in [5.74, 6) is -0.787. The minimum Gasteiger partial charge on any atom is -0.381 e. The Hall–Kier alpha value is -1.27. The smallest absolute Gasteiger partial charge is 0.381 e. The second kappa shape index (κ2) is 6.66. The molecule has 1 amide bonds. The lowest BCUT2D eigenvalue weighted by molar-refractivity contribution is -0.143. The highest BCUT2D eigenvalue weighted by molar-refractivity contribution is 6.30. The van der Waals surface area contributed by atoms with Crippen LogP contribution in [0.5, 0.6) is 0 Å². The number of halogens is 4. The van der Waals surface area contributed by atoms with Crippen molar-refractivity contribution in [3.8, 4) is 0 Å². The van der Waals surface area contributed by atoms with Crippen LogP contribution in [-0.4, -0.2) is 25.3 Å². The Kier molecular flexibility index (Phi) is 5.11. The summed E-state index contributed by atoms with van der Waals surface area (Å²) in [6, 6.07) is 4.88. The van der Waals surface area contributed by atoms with Crippen molar-refractivity contribution in [2.24, 2.45) is 5.92 Å². The van der Waals surface area contributed by atoms with E-state index >= 15 is 0 Å². The highest BCUT2D eigenvalue weighted by Gasteiger charge is 2.35. The summed E-state index contributed by atoms with van der Waals surface area (Å²) in [5.41, 5.74) is 0.379. The van der Waals surface area contributed by atoms with Crippen LogP contribution in [-0.2, 0) is 9.53 Å². The lowest BCUT2D eigenvalue weighted by Crippen LogP contribution is -2.36. The predicted octanol–water partition coefficient (Wildman–Crippen LogP) is 3.49. The molecule has 1 aliphatic rings. The van der Waals surface area contributed by atoms with Crippen molar-refractivity contribution >= 4 is 17.5 Å². The van der Waals surface area contributed by atoms with E-state index in [0.29, 0.717) is 23.6 Å². The molecule has 7 heteroatoms. The summed E-state index contributed by atoms with van der Waals surface area (Å²) >= 11 is 5.73. The highest BCUT2D eigenvalue weighted by Crippen LogP contribution is 2.30. The van der Waals surface area contributed by atoms with Crippen LogP contribution in [0, 0.1) is 5.92 Å². The van der Waals surface area contributed by atoms with Gasteiger partial charge < -0.3 is 10.1 Å². The van der Waals surface area contributed by atoms with Crippen LogP contribution in [0.3, 0.4) is 0 Å². The monoisotopic (exact) mass is 321 g/mol. The van der Waals surface area contributed by atoms with Gasteiger partial charge >= 0.3 is 6.18 Å². The summed E-state index contributed by atoms with van der Waals surface area (Å²) in [5, 5.41) is 2.90. The van der Waals surface area contributed by atoms with Crippen LogP contribution in [0.25, 0.3) is 0 Å². The van der Waals surface area contributed by atoms with Crippen molar-refractivity contribution in [2.75, 3.05) is 13.2 Å². The molecule has 116 valence electrons. The van der Waals surface area contributed by atoms with Crippen LogP contribution >= 0.6 is 11.6 Å². The molecule has 0 saturated carbocycles. The van der Waals surface area contributed by atoms with Gasteiger partial charge in [0, 0.05) is 11.6 Å². The van der Waals surface area contributed by atoms with Crippen LogP contribution in [0.4, 0.5) is 13.2 Å². The average Bonchev–Trinajstić information content (AvgIpc) is 2.91. The fourth-order valence-electron chi connectivity index (χ4n) is 2.21. The molecule has 2 rings (SSSR count). The van der Waals surface area contributed by atoms with E-state index in [1.54, 1.807) is 0 Å². The Balaban J connectivity index is 2.11. The first kappa shape index (κ1) is 16.1. The van der Waals surface area contributed by atoms with E-state index in [-0.39, 0.29) is 12.5 Å². The number of rotatable bonds is 4. The van der Waals surface area contributed by atoms with Gasteiger partial charge in [-0.2, -0.15) is 13.2 Å². The van der Waals surface area contributed by atoms with Crippen LogP contribution in [0.2, 0.25) is 5.02 Å². The number of ether oxygens (including phenoxy) is 1. The third-order valence-corrected chi connectivity index (χ3v) is 3.58. The molecule has 21 heavy (non-hydrogen) atoms. The van der Waals surface area contributed by atoms with Gasteiger partial charge in [0.05, 0.1) is 25.0 Å². The van der Waals surface area contributed by atoms with Crippen LogP contribution in [0.1, 0.15) is 24.4 Å². The molecular formula is C14H15ClF3NO2. The first-order chi connectivity index (χ1) is 9.85. The summed E-state index contributed by atoms with van der Waals surface area (Å²) in [6.07, 6.45) is -4.96. The van der Waals surface area contributed by atoms with Gasteiger partial charge in [0.2, 0.25) is 5.91 Å². The SMILES string of the molecule is O=C(N[C@H](CC(F)(F)F)c1ccc(Cl)cc1)[C@@H]1CCOC1. The van der Waals surface area contributed by atoms with Gasteiger partial charge in [-0.25, -0.2) is 0 Å². The Morgan fingerprint density at radius 2 is 2.05 bits per heavy atom. The largest absolute Gasteiger partial charge is 0.391 e. The number of alkyl halides is 3. The van der Waals surface area contributed by atoms with Crippen molar-refractivity contribution in [1.82, 2.24) is 5.32 Å². The van der Waals surface area contributed by atoms with Gasteiger partial charge in [0.15, 0.2) is 0 Å². The highest BCUT2D eigenvalue weighted by atomic mass is 35.5. The molecule has 1 aromatic carbocycles. The number of benzene rings is 1. The first-order valence-electron chi connectivity index (χ1n) is 6.55. The predicted molar refractivity (Wildman–Crippen MR) is 71.9 cm³/mol. The number of hydrogen-bond donors (Lipinski definition) is 1. The number of carbonyl (C=O) groups excluding carboxylic acids is 1. The number of amides is 1. The van der Waals surface area contributed by atoms with Crippen molar-refractivity contribution in [2.45, 2.75) is 25.1 Å². The normalized spacial score (nSPS) is 20.3. The maximum absolute atomic E-state index is 12.7. The number of hydrogen-bond acceptors (Lipinski definition) is 2. The molecule has 1 fully saturated rings. The van der Waals surface area contributed by atoms with E-state index in [2.05, 4.69) is 5.32 Å². The number of carbonyl (C=O) groups is 1. The lowest BCUT2D eigenvalue weighted by atomic mass is 10.0. The molecule has 0 radical (unpaired) electrons.